The van der Waals surface area contributed by atoms with Crippen LogP contribution < -0.4 is 20.2 Å². The van der Waals surface area contributed by atoms with Crippen molar-refractivity contribution >= 4 is 45.7 Å². The molecular weight excluding hydrogens is 536 g/mol. The lowest BCUT2D eigenvalue weighted by molar-refractivity contribution is -0.385. The van der Waals surface area contributed by atoms with Crippen LogP contribution in [0.15, 0.2) is 75.9 Å². The summed E-state index contributed by atoms with van der Waals surface area (Å²) >= 11 is 3.04. The summed E-state index contributed by atoms with van der Waals surface area (Å²) in [6.45, 7) is 0.0793. The second kappa shape index (κ2) is 10.7. The minimum atomic E-state index is -0.780. The van der Waals surface area contributed by atoms with Crippen molar-refractivity contribution < 1.29 is 29.1 Å². The molecule has 11 nitrogen and oxygen atoms in total. The molecule has 1 aliphatic rings. The predicted octanol–water partition coefficient (Wildman–Crippen LogP) is 3.71. The summed E-state index contributed by atoms with van der Waals surface area (Å²) in [5.41, 5.74) is 2.70. The maximum Gasteiger partial charge on any atom is 0.287 e. The number of hydrogen-bond acceptors (Lipinski definition) is 8. The van der Waals surface area contributed by atoms with Crippen LogP contribution in [0, 0.1) is 10.1 Å². The Bertz CT molecular complexity index is 1410. The number of halogens is 1. The fourth-order valence-corrected chi connectivity index (χ4v) is 3.61. The third kappa shape index (κ3) is 5.67. The van der Waals surface area contributed by atoms with E-state index in [0.29, 0.717) is 22.6 Å². The van der Waals surface area contributed by atoms with E-state index in [1.165, 1.54) is 6.08 Å². The molecule has 0 saturated carbocycles. The first kappa shape index (κ1) is 24.4. The van der Waals surface area contributed by atoms with E-state index in [4.69, 9.17) is 9.47 Å². The zero-order valence-corrected chi connectivity index (χ0v) is 19.9. The van der Waals surface area contributed by atoms with Gasteiger partial charge < -0.3 is 19.9 Å². The van der Waals surface area contributed by atoms with Crippen LogP contribution in [0.1, 0.15) is 21.5 Å². The summed E-state index contributed by atoms with van der Waals surface area (Å²) in [5, 5.41) is 27.5. The van der Waals surface area contributed by atoms with Crippen molar-refractivity contribution in [3.63, 3.8) is 0 Å². The van der Waals surface area contributed by atoms with Crippen molar-refractivity contribution in [2.75, 3.05) is 6.79 Å². The second-order valence-corrected chi connectivity index (χ2v) is 8.17. The summed E-state index contributed by atoms with van der Waals surface area (Å²) in [4.78, 5) is 36.1. The van der Waals surface area contributed by atoms with Crippen molar-refractivity contribution in [3.05, 3.63) is 97.6 Å². The van der Waals surface area contributed by atoms with Gasteiger partial charge in [-0.1, -0.05) is 24.3 Å². The molecule has 0 saturated heterocycles. The molecule has 0 unspecified atom stereocenters. The van der Waals surface area contributed by atoms with Crippen LogP contribution in [0.3, 0.4) is 0 Å². The van der Waals surface area contributed by atoms with Crippen LogP contribution in [0.4, 0.5) is 5.69 Å². The van der Waals surface area contributed by atoms with Crippen LogP contribution in [-0.4, -0.2) is 34.9 Å². The summed E-state index contributed by atoms with van der Waals surface area (Å²) in [6, 6.07) is 15.5. The number of phenols is 1. The van der Waals surface area contributed by atoms with Gasteiger partial charge in [0.2, 0.25) is 6.79 Å². The van der Waals surface area contributed by atoms with E-state index in [9.17, 15) is 24.8 Å². The molecule has 0 fully saturated rings. The molecule has 3 aromatic rings. The third-order valence-electron chi connectivity index (χ3n) is 4.89. The van der Waals surface area contributed by atoms with Crippen LogP contribution in [0.5, 0.6) is 17.2 Å². The summed E-state index contributed by atoms with van der Waals surface area (Å²) < 4.78 is 10.7. The number of nitrogens with zero attached hydrogens (tertiary/aromatic N) is 2. The average molecular weight is 553 g/mol. The van der Waals surface area contributed by atoms with E-state index >= 15 is 0 Å². The molecule has 4 rings (SSSR count). The highest BCUT2D eigenvalue weighted by molar-refractivity contribution is 9.10. The van der Waals surface area contributed by atoms with Crippen LogP contribution in [-0.2, 0) is 4.79 Å². The molecule has 1 heterocycles. The highest BCUT2D eigenvalue weighted by Gasteiger charge is 2.17. The number of non-ortho nitro benzene ring substituents is 1. The molecule has 1 aliphatic heterocycles. The Hall–Kier alpha value is -4.71. The predicted molar refractivity (Wildman–Crippen MR) is 133 cm³/mol. The van der Waals surface area contributed by atoms with Gasteiger partial charge in [-0.25, -0.2) is 5.43 Å². The van der Waals surface area contributed by atoms with Gasteiger partial charge in [-0.2, -0.15) is 5.10 Å². The molecule has 3 N–H and O–H groups in total. The number of aromatic hydroxyl groups is 1. The van der Waals surface area contributed by atoms with Gasteiger partial charge in [-0.05, 0) is 51.8 Å². The molecule has 0 aliphatic carbocycles. The Kier molecular flexibility index (Phi) is 7.25. The number of nitro groups is 1. The highest BCUT2D eigenvalue weighted by atomic mass is 79.9. The molecule has 0 atom stereocenters. The maximum absolute atomic E-state index is 12.9. The molecule has 3 aromatic carbocycles. The van der Waals surface area contributed by atoms with Gasteiger partial charge in [0, 0.05) is 23.3 Å². The molecular formula is C24H17BrN4O7. The largest absolute Gasteiger partial charge is 0.506 e. The number of ether oxygens (including phenoxy) is 2. The minimum Gasteiger partial charge on any atom is -0.506 e. The number of hydrogen-bond donors (Lipinski definition) is 3. The number of rotatable bonds is 7. The van der Waals surface area contributed by atoms with Gasteiger partial charge in [0.05, 0.1) is 15.6 Å². The van der Waals surface area contributed by atoms with Crippen molar-refractivity contribution in [1.82, 2.24) is 10.7 Å². The van der Waals surface area contributed by atoms with Crippen LogP contribution in [0.25, 0.3) is 6.08 Å². The summed E-state index contributed by atoms with van der Waals surface area (Å²) in [6.07, 6.45) is 2.47. The Labute approximate surface area is 212 Å². The molecule has 182 valence electrons. The van der Waals surface area contributed by atoms with Crippen molar-refractivity contribution in [2.24, 2.45) is 5.10 Å². The van der Waals surface area contributed by atoms with E-state index in [2.05, 4.69) is 31.8 Å². The average Bonchev–Trinajstić information content (AvgIpc) is 3.34. The Morgan fingerprint density at radius 3 is 2.58 bits per heavy atom. The number of carbonyl (C=O) groups is 2. The van der Waals surface area contributed by atoms with Gasteiger partial charge in [-0.3, -0.25) is 19.7 Å². The minimum absolute atomic E-state index is 0.00834. The molecule has 0 aromatic heterocycles. The van der Waals surface area contributed by atoms with E-state index in [0.717, 1.165) is 18.3 Å². The van der Waals surface area contributed by atoms with Crippen LogP contribution >= 0.6 is 15.9 Å². The lowest BCUT2D eigenvalue weighted by atomic mass is 10.1. The Morgan fingerprint density at radius 2 is 1.83 bits per heavy atom. The van der Waals surface area contributed by atoms with Gasteiger partial charge in [0.25, 0.3) is 17.5 Å². The van der Waals surface area contributed by atoms with E-state index in [-0.39, 0.29) is 34.0 Å². The summed E-state index contributed by atoms with van der Waals surface area (Å²) in [5.74, 6) is -0.562. The Balaban J connectivity index is 1.59. The normalized spacial score (nSPS) is 12.4. The van der Waals surface area contributed by atoms with Gasteiger partial charge in [0.15, 0.2) is 11.5 Å². The number of nitro benzene ring substituents is 1. The topological polar surface area (TPSA) is 152 Å². The zero-order valence-electron chi connectivity index (χ0n) is 18.3. The SMILES string of the molecule is O=C(NN=Cc1cc([N+](=O)[O-])cc(Br)c1O)/C(=C/c1ccc2c(c1)OCO2)NC(=O)c1ccccc1. The smallest absolute Gasteiger partial charge is 0.287 e. The first-order valence-corrected chi connectivity index (χ1v) is 11.1. The fourth-order valence-electron chi connectivity index (χ4n) is 3.14. The van der Waals surface area contributed by atoms with E-state index in [1.807, 2.05) is 0 Å². The highest BCUT2D eigenvalue weighted by Crippen LogP contribution is 2.33. The lowest BCUT2D eigenvalue weighted by Crippen LogP contribution is -2.32. The van der Waals surface area contributed by atoms with Crippen LogP contribution in [0.2, 0.25) is 0 Å². The van der Waals surface area contributed by atoms with Crippen molar-refractivity contribution in [2.45, 2.75) is 0 Å². The first-order valence-electron chi connectivity index (χ1n) is 10.3. The molecule has 36 heavy (non-hydrogen) atoms. The summed E-state index contributed by atoms with van der Waals surface area (Å²) in [7, 11) is 0. The number of nitrogens with one attached hydrogen (secondary N) is 2. The second-order valence-electron chi connectivity index (χ2n) is 7.31. The third-order valence-corrected chi connectivity index (χ3v) is 5.50. The number of phenolic OH excluding ortho intramolecular Hbond substituents is 1. The zero-order chi connectivity index (χ0) is 25.7. The van der Waals surface area contributed by atoms with Crippen molar-refractivity contribution in [1.29, 1.82) is 0 Å². The Morgan fingerprint density at radius 1 is 1.08 bits per heavy atom. The molecule has 0 radical (unpaired) electrons. The fraction of sp³-hybridized carbons (Fsp3) is 0.0417. The quantitative estimate of drug-likeness (QED) is 0.175. The number of hydrazone groups is 1. The van der Waals surface area contributed by atoms with Gasteiger partial charge in [-0.15, -0.1) is 0 Å². The van der Waals surface area contributed by atoms with Gasteiger partial charge >= 0.3 is 0 Å². The monoisotopic (exact) mass is 552 g/mol. The molecule has 0 bridgehead atoms. The lowest BCUT2D eigenvalue weighted by Gasteiger charge is -2.09. The number of fused-ring (bicyclic) bond motifs is 1. The number of benzene rings is 3. The molecule has 2 amide bonds. The number of carbonyl (C=O) groups excluding carboxylic acids is 2. The van der Waals surface area contributed by atoms with Crippen molar-refractivity contribution in [3.8, 4) is 17.2 Å². The number of amides is 2. The molecule has 12 heteroatoms. The van der Waals surface area contributed by atoms with E-state index < -0.39 is 16.7 Å². The molecule has 0 spiro atoms. The standard InChI is InChI=1S/C24H17BrN4O7/c25-18-11-17(29(33)34)10-16(22(18)30)12-26-28-24(32)19(27-23(31)15-4-2-1-3-5-15)8-14-6-7-20-21(9-14)36-13-35-20/h1-12,30H,13H2,(H,27,31)(H,28,32)/b19-8-,26-12?. The maximum atomic E-state index is 12.9. The van der Waals surface area contributed by atoms with E-state index in [1.54, 1.807) is 48.5 Å². The first-order chi connectivity index (χ1) is 17.3. The van der Waals surface area contributed by atoms with Gasteiger partial charge in [0.1, 0.15) is 11.4 Å².